The van der Waals surface area contributed by atoms with E-state index in [9.17, 15) is 5.11 Å². The second-order valence-corrected chi connectivity index (χ2v) is 3.77. The molecule has 12 heavy (non-hydrogen) atoms. The van der Waals surface area contributed by atoms with E-state index in [1.165, 1.54) is 0 Å². The first-order chi connectivity index (χ1) is 5.56. The lowest BCUT2D eigenvalue weighted by Crippen LogP contribution is -2.43. The zero-order chi connectivity index (χ0) is 9.19. The fourth-order valence-electron chi connectivity index (χ4n) is 1.98. The number of terminal acetylenes is 1. The van der Waals surface area contributed by atoms with Gasteiger partial charge in [0, 0.05) is 19.3 Å². The highest BCUT2D eigenvalue weighted by molar-refractivity contribution is 4.98. The molecule has 0 radical (unpaired) electrons. The second kappa shape index (κ2) is 3.47. The van der Waals surface area contributed by atoms with Crippen molar-refractivity contribution in [3.8, 4) is 12.3 Å². The molecule has 1 heterocycles. The van der Waals surface area contributed by atoms with Crippen molar-refractivity contribution in [2.75, 3.05) is 0 Å². The van der Waals surface area contributed by atoms with E-state index >= 15 is 0 Å². The van der Waals surface area contributed by atoms with Crippen molar-refractivity contribution in [3.63, 3.8) is 0 Å². The van der Waals surface area contributed by atoms with Gasteiger partial charge in [-0.05, 0) is 13.8 Å². The fraction of sp³-hybridized carbons (Fsp3) is 0.800. The first-order valence-electron chi connectivity index (χ1n) is 4.37. The molecule has 0 amide bonds. The SMILES string of the molecule is C#CCC1(O)CC(C)OC(C)C1. The van der Waals surface area contributed by atoms with E-state index in [0.717, 1.165) is 0 Å². The normalized spacial score (nSPS) is 42.2. The molecular weight excluding hydrogens is 152 g/mol. The quantitative estimate of drug-likeness (QED) is 0.598. The van der Waals surface area contributed by atoms with Gasteiger partial charge in [0.1, 0.15) is 0 Å². The zero-order valence-corrected chi connectivity index (χ0v) is 7.71. The Balaban J connectivity index is 2.59. The summed E-state index contributed by atoms with van der Waals surface area (Å²) >= 11 is 0. The highest BCUT2D eigenvalue weighted by atomic mass is 16.5. The summed E-state index contributed by atoms with van der Waals surface area (Å²) in [7, 11) is 0. The summed E-state index contributed by atoms with van der Waals surface area (Å²) in [6.07, 6.45) is 7.16. The molecule has 1 aliphatic rings. The Morgan fingerprint density at radius 3 is 2.42 bits per heavy atom. The molecule has 2 heteroatoms. The van der Waals surface area contributed by atoms with Crippen LogP contribution in [0.25, 0.3) is 0 Å². The van der Waals surface area contributed by atoms with E-state index in [1.807, 2.05) is 13.8 Å². The van der Waals surface area contributed by atoms with E-state index in [0.29, 0.717) is 19.3 Å². The van der Waals surface area contributed by atoms with Crippen LogP contribution in [0.4, 0.5) is 0 Å². The minimum Gasteiger partial charge on any atom is -0.389 e. The summed E-state index contributed by atoms with van der Waals surface area (Å²) < 4.78 is 5.50. The molecule has 0 aromatic carbocycles. The molecule has 1 rings (SSSR count). The Hall–Kier alpha value is -0.520. The maximum Gasteiger partial charge on any atom is 0.0805 e. The van der Waals surface area contributed by atoms with Gasteiger partial charge < -0.3 is 9.84 Å². The largest absolute Gasteiger partial charge is 0.389 e. The Bertz CT molecular complexity index is 183. The summed E-state index contributed by atoms with van der Waals surface area (Å²) in [5, 5.41) is 9.99. The number of rotatable bonds is 1. The summed E-state index contributed by atoms with van der Waals surface area (Å²) in [5.74, 6) is 2.51. The van der Waals surface area contributed by atoms with E-state index in [4.69, 9.17) is 11.2 Å². The molecule has 0 bridgehead atoms. The van der Waals surface area contributed by atoms with Crippen molar-refractivity contribution in [3.05, 3.63) is 0 Å². The third-order valence-electron chi connectivity index (χ3n) is 2.23. The zero-order valence-electron chi connectivity index (χ0n) is 7.71. The van der Waals surface area contributed by atoms with Gasteiger partial charge in [0.05, 0.1) is 17.8 Å². The van der Waals surface area contributed by atoms with E-state index in [1.54, 1.807) is 0 Å². The van der Waals surface area contributed by atoms with Crippen LogP contribution in [0, 0.1) is 12.3 Å². The van der Waals surface area contributed by atoms with E-state index in [2.05, 4.69) is 5.92 Å². The summed E-state index contributed by atoms with van der Waals surface area (Å²) in [6, 6.07) is 0. The van der Waals surface area contributed by atoms with E-state index < -0.39 is 5.60 Å². The standard InChI is InChI=1S/C10H16O2/c1-4-5-10(11)6-8(2)12-9(3)7-10/h1,8-9,11H,5-7H2,2-3H3. The summed E-state index contributed by atoms with van der Waals surface area (Å²) in [6.45, 7) is 3.94. The van der Waals surface area contributed by atoms with Crippen LogP contribution in [0.2, 0.25) is 0 Å². The average molecular weight is 168 g/mol. The van der Waals surface area contributed by atoms with Crippen molar-refractivity contribution in [2.45, 2.75) is 50.9 Å². The van der Waals surface area contributed by atoms with Crippen LogP contribution in [0.5, 0.6) is 0 Å². The molecule has 2 atom stereocenters. The highest BCUT2D eigenvalue weighted by Gasteiger charge is 2.35. The van der Waals surface area contributed by atoms with Gasteiger partial charge in [-0.3, -0.25) is 0 Å². The van der Waals surface area contributed by atoms with Gasteiger partial charge in [0.2, 0.25) is 0 Å². The highest BCUT2D eigenvalue weighted by Crippen LogP contribution is 2.30. The molecule has 2 unspecified atom stereocenters. The number of hydrogen-bond acceptors (Lipinski definition) is 2. The Morgan fingerprint density at radius 2 is 2.00 bits per heavy atom. The van der Waals surface area contributed by atoms with Gasteiger partial charge in [-0.25, -0.2) is 0 Å². The Labute approximate surface area is 73.9 Å². The lowest BCUT2D eigenvalue weighted by Gasteiger charge is -2.38. The molecule has 0 aromatic heterocycles. The lowest BCUT2D eigenvalue weighted by molar-refractivity contribution is -0.128. The van der Waals surface area contributed by atoms with Gasteiger partial charge in [0.15, 0.2) is 0 Å². The van der Waals surface area contributed by atoms with Crippen molar-refractivity contribution in [2.24, 2.45) is 0 Å². The number of ether oxygens (including phenoxy) is 1. The minimum atomic E-state index is -0.689. The lowest BCUT2D eigenvalue weighted by atomic mass is 9.85. The van der Waals surface area contributed by atoms with Gasteiger partial charge >= 0.3 is 0 Å². The predicted molar refractivity (Wildman–Crippen MR) is 47.6 cm³/mol. The molecule has 0 saturated carbocycles. The molecule has 1 N–H and O–H groups in total. The Morgan fingerprint density at radius 1 is 1.50 bits per heavy atom. The first kappa shape index (κ1) is 9.57. The Kier molecular flexibility index (Phi) is 2.76. The molecule has 68 valence electrons. The van der Waals surface area contributed by atoms with Crippen LogP contribution < -0.4 is 0 Å². The number of hydrogen-bond donors (Lipinski definition) is 1. The van der Waals surface area contributed by atoms with Gasteiger partial charge in [-0.15, -0.1) is 12.3 Å². The molecular formula is C10H16O2. The minimum absolute atomic E-state index is 0.118. The molecule has 0 aromatic rings. The van der Waals surface area contributed by atoms with Crippen LogP contribution in [-0.4, -0.2) is 22.9 Å². The predicted octanol–water partition coefficient (Wildman–Crippen LogP) is 1.33. The summed E-state index contributed by atoms with van der Waals surface area (Å²) in [4.78, 5) is 0. The maximum absolute atomic E-state index is 9.99. The van der Waals surface area contributed by atoms with Crippen LogP contribution in [0.3, 0.4) is 0 Å². The van der Waals surface area contributed by atoms with Gasteiger partial charge in [-0.2, -0.15) is 0 Å². The monoisotopic (exact) mass is 168 g/mol. The summed E-state index contributed by atoms with van der Waals surface area (Å²) in [5.41, 5.74) is -0.689. The first-order valence-corrected chi connectivity index (χ1v) is 4.37. The van der Waals surface area contributed by atoms with Crippen molar-refractivity contribution in [1.82, 2.24) is 0 Å². The van der Waals surface area contributed by atoms with Crippen molar-refractivity contribution < 1.29 is 9.84 Å². The molecule has 1 saturated heterocycles. The van der Waals surface area contributed by atoms with Gasteiger partial charge in [0.25, 0.3) is 0 Å². The van der Waals surface area contributed by atoms with Crippen LogP contribution >= 0.6 is 0 Å². The fourth-order valence-corrected chi connectivity index (χ4v) is 1.98. The second-order valence-electron chi connectivity index (χ2n) is 3.77. The molecule has 0 spiro atoms. The third kappa shape index (κ3) is 2.23. The molecule has 2 nitrogen and oxygen atoms in total. The molecule has 1 fully saturated rings. The van der Waals surface area contributed by atoms with E-state index in [-0.39, 0.29) is 12.2 Å². The van der Waals surface area contributed by atoms with Crippen LogP contribution in [0.15, 0.2) is 0 Å². The topological polar surface area (TPSA) is 29.5 Å². The average Bonchev–Trinajstić information content (AvgIpc) is 1.82. The molecule has 0 aliphatic carbocycles. The molecule has 1 aliphatic heterocycles. The third-order valence-corrected chi connectivity index (χ3v) is 2.23. The maximum atomic E-state index is 9.99. The van der Waals surface area contributed by atoms with Crippen LogP contribution in [0.1, 0.15) is 33.1 Å². The van der Waals surface area contributed by atoms with Crippen molar-refractivity contribution >= 4 is 0 Å². The van der Waals surface area contributed by atoms with Crippen molar-refractivity contribution in [1.29, 1.82) is 0 Å². The van der Waals surface area contributed by atoms with Gasteiger partial charge in [-0.1, -0.05) is 0 Å². The van der Waals surface area contributed by atoms with Crippen LogP contribution in [-0.2, 0) is 4.74 Å². The smallest absolute Gasteiger partial charge is 0.0805 e. The number of aliphatic hydroxyl groups is 1.